The van der Waals surface area contributed by atoms with E-state index in [1.807, 2.05) is 4.57 Å². The quantitative estimate of drug-likeness (QED) is 0.286. The molecule has 2 amide bonds. The molecule has 0 spiro atoms. The topological polar surface area (TPSA) is 115 Å². The van der Waals surface area contributed by atoms with Crippen LogP contribution < -0.4 is 10.6 Å². The molecule has 0 radical (unpaired) electrons. The number of esters is 1. The van der Waals surface area contributed by atoms with Crippen molar-refractivity contribution in [3.8, 4) is 0 Å². The van der Waals surface area contributed by atoms with Gasteiger partial charge in [-0.15, -0.1) is 10.2 Å². The van der Waals surface area contributed by atoms with Crippen molar-refractivity contribution in [2.45, 2.75) is 83.5 Å². The largest absolute Gasteiger partial charge is 0.462 e. The van der Waals surface area contributed by atoms with E-state index in [-0.39, 0.29) is 29.0 Å². The van der Waals surface area contributed by atoms with Crippen molar-refractivity contribution in [2.75, 3.05) is 17.7 Å². The number of nitrogens with one attached hydrogen (secondary N) is 2. The molecule has 6 rings (SSSR count). The second-order valence-corrected chi connectivity index (χ2v) is 12.4. The summed E-state index contributed by atoms with van der Waals surface area (Å²) in [4.78, 5) is 37.9. The molecule has 9 nitrogen and oxygen atoms in total. The number of benzene rings is 1. The number of thioether (sulfide) groups is 1. The Morgan fingerprint density at radius 3 is 2.31 bits per heavy atom. The molecule has 4 bridgehead atoms. The summed E-state index contributed by atoms with van der Waals surface area (Å²) in [5, 5.41) is 15.5. The van der Waals surface area contributed by atoms with Gasteiger partial charge in [0, 0.05) is 17.6 Å². The van der Waals surface area contributed by atoms with Crippen LogP contribution in [-0.4, -0.2) is 44.9 Å². The van der Waals surface area contributed by atoms with Gasteiger partial charge < -0.3 is 19.9 Å². The monoisotopic (exact) mass is 553 g/mol. The summed E-state index contributed by atoms with van der Waals surface area (Å²) in [6.07, 6.45) is 9.02. The summed E-state index contributed by atoms with van der Waals surface area (Å²) in [5.41, 5.74) is 0.859. The molecule has 4 aliphatic carbocycles. The van der Waals surface area contributed by atoms with E-state index < -0.39 is 0 Å². The maximum absolute atomic E-state index is 13.4. The molecule has 4 saturated carbocycles. The zero-order valence-corrected chi connectivity index (χ0v) is 23.7. The second kappa shape index (κ2) is 12.1. The maximum Gasteiger partial charge on any atom is 0.338 e. The first kappa shape index (κ1) is 27.7. The molecule has 0 atom stereocenters. The number of amides is 2. The van der Waals surface area contributed by atoms with Crippen molar-refractivity contribution in [1.29, 1.82) is 0 Å². The van der Waals surface area contributed by atoms with Gasteiger partial charge in [0.05, 0.1) is 24.5 Å². The van der Waals surface area contributed by atoms with Crippen molar-refractivity contribution < 1.29 is 19.1 Å². The maximum atomic E-state index is 13.4. The predicted molar refractivity (Wildman–Crippen MR) is 149 cm³/mol. The van der Waals surface area contributed by atoms with Gasteiger partial charge in [-0.05, 0) is 93.9 Å². The van der Waals surface area contributed by atoms with E-state index in [0.29, 0.717) is 29.6 Å². The van der Waals surface area contributed by atoms with Crippen molar-refractivity contribution >= 4 is 35.2 Å². The summed E-state index contributed by atoms with van der Waals surface area (Å²) in [6.45, 7) is 5.30. The molecule has 2 aromatic rings. The molecule has 4 aliphatic rings. The number of unbranched alkanes of at least 4 members (excludes halogenated alkanes) is 1. The van der Waals surface area contributed by atoms with E-state index >= 15 is 0 Å². The fraction of sp³-hybridized carbons (Fsp3) is 0.621. The van der Waals surface area contributed by atoms with Gasteiger partial charge in [-0.2, -0.15) is 0 Å². The molecule has 0 unspecified atom stereocenters. The van der Waals surface area contributed by atoms with E-state index in [1.165, 1.54) is 31.0 Å². The fourth-order valence-corrected chi connectivity index (χ4v) is 7.85. The first-order valence-corrected chi connectivity index (χ1v) is 15.3. The third-order valence-electron chi connectivity index (χ3n) is 8.47. The molecule has 1 aromatic carbocycles. The zero-order chi connectivity index (χ0) is 27.4. The number of nitrogens with zero attached hydrogens (tertiary/aromatic N) is 3. The number of anilines is 1. The van der Waals surface area contributed by atoms with Crippen molar-refractivity contribution in [3.05, 3.63) is 35.7 Å². The number of carbonyl (C=O) groups is 3. The van der Waals surface area contributed by atoms with Crippen LogP contribution in [0, 0.1) is 23.2 Å². The van der Waals surface area contributed by atoms with E-state index in [2.05, 4.69) is 27.8 Å². The molecule has 210 valence electrons. The van der Waals surface area contributed by atoms with Crippen LogP contribution in [0.3, 0.4) is 0 Å². The highest BCUT2D eigenvalue weighted by Crippen LogP contribution is 2.60. The lowest BCUT2D eigenvalue weighted by molar-refractivity contribution is -0.146. The fourth-order valence-electron chi connectivity index (χ4n) is 7.06. The van der Waals surface area contributed by atoms with Gasteiger partial charge in [0.25, 0.3) is 0 Å². The Kier molecular flexibility index (Phi) is 8.59. The number of aromatic nitrogens is 3. The van der Waals surface area contributed by atoms with Crippen LogP contribution in [0.1, 0.15) is 81.4 Å². The van der Waals surface area contributed by atoms with Crippen molar-refractivity contribution in [3.63, 3.8) is 0 Å². The predicted octanol–water partition coefficient (Wildman–Crippen LogP) is 4.82. The molecular weight excluding hydrogens is 514 g/mol. The summed E-state index contributed by atoms with van der Waals surface area (Å²) < 4.78 is 7.03. The molecule has 4 fully saturated rings. The van der Waals surface area contributed by atoms with Gasteiger partial charge in [0.1, 0.15) is 0 Å². The molecule has 2 N–H and O–H groups in total. The minimum atomic E-state index is -0.387. The third kappa shape index (κ3) is 6.31. The first-order chi connectivity index (χ1) is 18.9. The molecule has 39 heavy (non-hydrogen) atoms. The molecule has 0 aliphatic heterocycles. The number of rotatable bonds is 12. The Bertz CT molecular complexity index is 1160. The Balaban J connectivity index is 1.17. The van der Waals surface area contributed by atoms with Crippen LogP contribution in [0.4, 0.5) is 5.69 Å². The van der Waals surface area contributed by atoms with Gasteiger partial charge in [0.2, 0.25) is 11.8 Å². The minimum absolute atomic E-state index is 0.170. The van der Waals surface area contributed by atoms with E-state index in [4.69, 9.17) is 4.74 Å². The number of hydrogen-bond donors (Lipinski definition) is 2. The van der Waals surface area contributed by atoms with Crippen LogP contribution in [0.2, 0.25) is 0 Å². The lowest BCUT2D eigenvalue weighted by Crippen LogP contribution is -2.53. The molecule has 10 heteroatoms. The molecule has 1 heterocycles. The second-order valence-electron chi connectivity index (χ2n) is 11.4. The normalized spacial score (nSPS) is 24.9. The molecule has 0 saturated heterocycles. The number of ether oxygens (including phenoxy) is 1. The smallest absolute Gasteiger partial charge is 0.338 e. The van der Waals surface area contributed by atoms with Crippen LogP contribution >= 0.6 is 11.8 Å². The summed E-state index contributed by atoms with van der Waals surface area (Å²) in [6, 6.07) is 6.63. The Morgan fingerprint density at radius 2 is 1.69 bits per heavy atom. The highest BCUT2D eigenvalue weighted by Gasteiger charge is 2.54. The van der Waals surface area contributed by atoms with Crippen LogP contribution in [-0.2, 0) is 27.4 Å². The lowest BCUT2D eigenvalue weighted by atomic mass is 9.49. The third-order valence-corrected chi connectivity index (χ3v) is 9.43. The zero-order valence-electron chi connectivity index (χ0n) is 22.9. The molecular formula is C29H39N5O4S. The lowest BCUT2D eigenvalue weighted by Gasteiger charge is -2.55. The van der Waals surface area contributed by atoms with Gasteiger partial charge in [-0.25, -0.2) is 4.79 Å². The van der Waals surface area contributed by atoms with Crippen LogP contribution in [0.25, 0.3) is 0 Å². The average molecular weight is 554 g/mol. The SMILES string of the molecule is CCCCn1c(CNC(=O)C23CC4CC(CC(C4)C2)C3)nnc1SCC(=O)Nc1ccc(C(=O)OCC)cc1. The highest BCUT2D eigenvalue weighted by molar-refractivity contribution is 7.99. The Morgan fingerprint density at radius 1 is 1.03 bits per heavy atom. The van der Waals surface area contributed by atoms with Gasteiger partial charge in [0.15, 0.2) is 11.0 Å². The summed E-state index contributed by atoms with van der Waals surface area (Å²) in [7, 11) is 0. The Labute approximate surface area is 234 Å². The summed E-state index contributed by atoms with van der Waals surface area (Å²) in [5.74, 6) is 2.70. The summed E-state index contributed by atoms with van der Waals surface area (Å²) >= 11 is 1.33. The first-order valence-electron chi connectivity index (χ1n) is 14.3. The van der Waals surface area contributed by atoms with Gasteiger partial charge in [-0.3, -0.25) is 9.59 Å². The minimum Gasteiger partial charge on any atom is -0.462 e. The standard InChI is InChI=1S/C29H39N5O4S/c1-3-5-10-34-24(17-30-27(37)29-14-19-11-20(15-29)13-21(12-19)16-29)32-33-28(34)39-18-25(35)31-23-8-6-22(7-9-23)26(36)38-4-2/h6-9,19-21H,3-5,10-18H2,1-2H3,(H,30,37)(H,31,35). The average Bonchev–Trinajstić information content (AvgIpc) is 3.30. The van der Waals surface area contributed by atoms with E-state index in [1.54, 1.807) is 31.2 Å². The number of hydrogen-bond acceptors (Lipinski definition) is 7. The van der Waals surface area contributed by atoms with Gasteiger partial charge in [-0.1, -0.05) is 25.1 Å². The molecule has 1 aromatic heterocycles. The number of carbonyl (C=O) groups excluding carboxylic acids is 3. The Hall–Kier alpha value is -2.88. The van der Waals surface area contributed by atoms with Crippen LogP contribution in [0.15, 0.2) is 29.4 Å². The van der Waals surface area contributed by atoms with E-state index in [9.17, 15) is 14.4 Å². The van der Waals surface area contributed by atoms with E-state index in [0.717, 1.165) is 62.2 Å². The van der Waals surface area contributed by atoms with Gasteiger partial charge >= 0.3 is 5.97 Å². The van der Waals surface area contributed by atoms with Crippen molar-refractivity contribution in [1.82, 2.24) is 20.1 Å². The van der Waals surface area contributed by atoms with Crippen LogP contribution in [0.5, 0.6) is 0 Å². The van der Waals surface area contributed by atoms with Crippen molar-refractivity contribution in [2.24, 2.45) is 23.2 Å². The highest BCUT2D eigenvalue weighted by atomic mass is 32.2.